The van der Waals surface area contributed by atoms with Gasteiger partial charge in [0.05, 0.1) is 22.9 Å². The van der Waals surface area contributed by atoms with Crippen molar-refractivity contribution in [3.63, 3.8) is 0 Å². The van der Waals surface area contributed by atoms with Crippen LogP contribution in [0.4, 0.5) is 0 Å². The number of thiazole rings is 1. The number of aromatic nitrogens is 4. The largest absolute Gasteiger partial charge is 0.309 e. The second kappa shape index (κ2) is 6.77. The molecular weight excluding hydrogens is 258 g/mol. The summed E-state index contributed by atoms with van der Waals surface area (Å²) in [5.74, 6) is 0. The van der Waals surface area contributed by atoms with Crippen LogP contribution in [0.5, 0.6) is 0 Å². The van der Waals surface area contributed by atoms with E-state index >= 15 is 0 Å². The van der Waals surface area contributed by atoms with Crippen LogP contribution in [0.25, 0.3) is 0 Å². The highest BCUT2D eigenvalue weighted by Gasteiger charge is 2.18. The second-order valence-electron chi connectivity index (χ2n) is 4.58. The molecule has 19 heavy (non-hydrogen) atoms. The smallest absolute Gasteiger partial charge is 0.0947 e. The van der Waals surface area contributed by atoms with E-state index in [-0.39, 0.29) is 6.04 Å². The maximum Gasteiger partial charge on any atom is 0.0947 e. The zero-order valence-electron chi connectivity index (χ0n) is 11.8. The molecule has 1 atom stereocenters. The van der Waals surface area contributed by atoms with E-state index in [1.165, 1.54) is 0 Å². The molecule has 0 aromatic carbocycles. The van der Waals surface area contributed by atoms with Crippen LogP contribution in [-0.2, 0) is 13.0 Å². The van der Waals surface area contributed by atoms with Crippen molar-refractivity contribution in [3.8, 4) is 0 Å². The van der Waals surface area contributed by atoms with Crippen molar-refractivity contribution >= 4 is 11.3 Å². The topological polar surface area (TPSA) is 55.6 Å². The average molecular weight is 279 g/mol. The quantitative estimate of drug-likeness (QED) is 0.845. The third-order valence-electron chi connectivity index (χ3n) is 2.94. The molecule has 2 heterocycles. The van der Waals surface area contributed by atoms with Gasteiger partial charge in [-0.05, 0) is 19.9 Å². The van der Waals surface area contributed by atoms with Crippen LogP contribution in [0, 0.1) is 6.92 Å². The molecule has 2 aromatic rings. The molecule has 5 nitrogen and oxygen atoms in total. The first-order valence-corrected chi connectivity index (χ1v) is 7.65. The Balaban J connectivity index is 2.16. The predicted octanol–water partition coefficient (Wildman–Crippen LogP) is 2.35. The summed E-state index contributed by atoms with van der Waals surface area (Å²) in [5, 5.41) is 15.0. The van der Waals surface area contributed by atoms with E-state index in [9.17, 15) is 0 Å². The van der Waals surface area contributed by atoms with E-state index in [1.54, 1.807) is 11.3 Å². The van der Waals surface area contributed by atoms with Gasteiger partial charge >= 0.3 is 0 Å². The van der Waals surface area contributed by atoms with E-state index in [0.717, 1.165) is 42.3 Å². The summed E-state index contributed by atoms with van der Waals surface area (Å²) in [5.41, 5.74) is 2.24. The van der Waals surface area contributed by atoms with Gasteiger partial charge in [-0.15, -0.1) is 16.4 Å². The SMILES string of the molecule is CCCn1nncc1C(Cc1nc(C)cs1)NCC. The van der Waals surface area contributed by atoms with Crippen molar-refractivity contribution in [1.82, 2.24) is 25.3 Å². The van der Waals surface area contributed by atoms with E-state index < -0.39 is 0 Å². The van der Waals surface area contributed by atoms with Crippen molar-refractivity contribution in [2.45, 2.75) is 46.2 Å². The number of hydrogen-bond acceptors (Lipinski definition) is 5. The van der Waals surface area contributed by atoms with Gasteiger partial charge in [-0.3, -0.25) is 0 Å². The molecule has 0 aliphatic rings. The fraction of sp³-hybridized carbons (Fsp3) is 0.615. The van der Waals surface area contributed by atoms with Gasteiger partial charge in [0.15, 0.2) is 0 Å². The molecule has 0 bridgehead atoms. The first-order valence-electron chi connectivity index (χ1n) is 6.77. The lowest BCUT2D eigenvalue weighted by Gasteiger charge is -2.17. The minimum absolute atomic E-state index is 0.233. The first kappa shape index (κ1) is 14.1. The number of nitrogens with one attached hydrogen (secondary N) is 1. The fourth-order valence-corrected chi connectivity index (χ4v) is 2.94. The first-order chi connectivity index (χ1) is 9.24. The van der Waals surface area contributed by atoms with Crippen molar-refractivity contribution in [1.29, 1.82) is 0 Å². The summed E-state index contributed by atoms with van der Waals surface area (Å²) in [7, 11) is 0. The van der Waals surface area contributed by atoms with Crippen LogP contribution < -0.4 is 5.32 Å². The Morgan fingerprint density at radius 1 is 1.42 bits per heavy atom. The highest BCUT2D eigenvalue weighted by Crippen LogP contribution is 2.20. The maximum absolute atomic E-state index is 4.55. The average Bonchev–Trinajstić information content (AvgIpc) is 2.99. The summed E-state index contributed by atoms with van der Waals surface area (Å²) < 4.78 is 1.99. The number of hydrogen-bond donors (Lipinski definition) is 1. The highest BCUT2D eigenvalue weighted by atomic mass is 32.1. The number of aryl methyl sites for hydroxylation is 2. The molecule has 0 saturated carbocycles. The van der Waals surface area contributed by atoms with Gasteiger partial charge in [-0.2, -0.15) is 0 Å². The zero-order chi connectivity index (χ0) is 13.7. The van der Waals surface area contributed by atoms with Crippen LogP contribution in [-0.4, -0.2) is 26.5 Å². The van der Waals surface area contributed by atoms with Gasteiger partial charge in [-0.25, -0.2) is 9.67 Å². The Morgan fingerprint density at radius 2 is 2.26 bits per heavy atom. The van der Waals surface area contributed by atoms with Crippen molar-refractivity contribution in [3.05, 3.63) is 28.0 Å². The third-order valence-corrected chi connectivity index (χ3v) is 3.92. The zero-order valence-corrected chi connectivity index (χ0v) is 12.6. The van der Waals surface area contributed by atoms with E-state index in [1.807, 2.05) is 17.8 Å². The molecule has 1 N–H and O–H groups in total. The second-order valence-corrected chi connectivity index (χ2v) is 5.52. The summed E-state index contributed by atoms with van der Waals surface area (Å²) in [4.78, 5) is 4.55. The molecule has 0 aliphatic heterocycles. The lowest BCUT2D eigenvalue weighted by molar-refractivity contribution is 0.473. The van der Waals surface area contributed by atoms with Crippen molar-refractivity contribution in [2.75, 3.05) is 6.54 Å². The molecule has 0 aliphatic carbocycles. The monoisotopic (exact) mass is 279 g/mol. The molecule has 0 fully saturated rings. The Kier molecular flexibility index (Phi) is 5.04. The van der Waals surface area contributed by atoms with Gasteiger partial charge < -0.3 is 5.32 Å². The minimum atomic E-state index is 0.233. The Hall–Kier alpha value is -1.27. The molecule has 104 valence electrons. The summed E-state index contributed by atoms with van der Waals surface area (Å²) in [6.45, 7) is 8.14. The van der Waals surface area contributed by atoms with Crippen LogP contribution >= 0.6 is 11.3 Å². The maximum atomic E-state index is 4.55. The van der Waals surface area contributed by atoms with Crippen LogP contribution in [0.3, 0.4) is 0 Å². The highest BCUT2D eigenvalue weighted by molar-refractivity contribution is 7.09. The molecule has 0 amide bonds. The van der Waals surface area contributed by atoms with Gasteiger partial charge in [0, 0.05) is 24.0 Å². The molecule has 0 spiro atoms. The molecule has 2 aromatic heterocycles. The summed E-state index contributed by atoms with van der Waals surface area (Å²) in [6, 6.07) is 0.233. The molecule has 2 rings (SSSR count). The minimum Gasteiger partial charge on any atom is -0.309 e. The number of rotatable bonds is 7. The lowest BCUT2D eigenvalue weighted by Crippen LogP contribution is -2.25. The Labute approximate surface area is 118 Å². The molecular formula is C13H21N5S. The normalized spacial score (nSPS) is 12.8. The summed E-state index contributed by atoms with van der Waals surface area (Å²) in [6.07, 6.45) is 3.82. The predicted molar refractivity (Wildman–Crippen MR) is 77.3 cm³/mol. The van der Waals surface area contributed by atoms with E-state index in [0.29, 0.717) is 0 Å². The number of likely N-dealkylation sites (N-methyl/N-ethyl adjacent to an activating group) is 1. The Morgan fingerprint density at radius 3 is 2.89 bits per heavy atom. The van der Waals surface area contributed by atoms with Gasteiger partial charge in [0.2, 0.25) is 0 Å². The van der Waals surface area contributed by atoms with Crippen LogP contribution in [0.1, 0.15) is 42.7 Å². The van der Waals surface area contributed by atoms with Gasteiger partial charge in [-0.1, -0.05) is 19.1 Å². The summed E-state index contributed by atoms with van der Waals surface area (Å²) >= 11 is 1.72. The van der Waals surface area contributed by atoms with Gasteiger partial charge in [0.1, 0.15) is 0 Å². The van der Waals surface area contributed by atoms with Crippen molar-refractivity contribution < 1.29 is 0 Å². The molecule has 1 unspecified atom stereocenters. The van der Waals surface area contributed by atoms with Crippen LogP contribution in [0.2, 0.25) is 0 Å². The van der Waals surface area contributed by atoms with E-state index in [4.69, 9.17) is 0 Å². The molecule has 6 heteroatoms. The Bertz CT molecular complexity index is 505. The van der Waals surface area contributed by atoms with Gasteiger partial charge in [0.25, 0.3) is 0 Å². The third kappa shape index (κ3) is 3.61. The van der Waals surface area contributed by atoms with Crippen molar-refractivity contribution in [2.24, 2.45) is 0 Å². The molecule has 0 radical (unpaired) electrons. The molecule has 0 saturated heterocycles. The lowest BCUT2D eigenvalue weighted by atomic mass is 10.1. The fourth-order valence-electron chi connectivity index (χ4n) is 2.12. The van der Waals surface area contributed by atoms with E-state index in [2.05, 4.69) is 39.8 Å². The standard InChI is InChI=1S/C13H21N5S/c1-4-6-18-12(8-15-17-18)11(14-5-2)7-13-16-10(3)9-19-13/h8-9,11,14H,4-7H2,1-3H3. The van der Waals surface area contributed by atoms with Crippen LogP contribution in [0.15, 0.2) is 11.6 Å². The number of nitrogens with zero attached hydrogens (tertiary/aromatic N) is 4.